The maximum Gasteiger partial charge on any atom is 0.238 e. The predicted octanol–water partition coefficient (Wildman–Crippen LogP) is 2.77. The molecule has 5 heteroatoms. The summed E-state index contributed by atoms with van der Waals surface area (Å²) in [5.74, 6) is 0. The van der Waals surface area contributed by atoms with E-state index < -0.39 is 10.0 Å². The molecule has 0 heterocycles. The lowest BCUT2D eigenvalue weighted by atomic mass is 10.0. The van der Waals surface area contributed by atoms with Gasteiger partial charge < -0.3 is 5.32 Å². The van der Waals surface area contributed by atoms with Crippen molar-refractivity contribution < 1.29 is 8.42 Å². The summed E-state index contributed by atoms with van der Waals surface area (Å²) in [6.45, 7) is 2.12. The van der Waals surface area contributed by atoms with Crippen LogP contribution in [0.2, 0.25) is 0 Å². The second-order valence-electron chi connectivity index (χ2n) is 5.01. The van der Waals surface area contributed by atoms with Gasteiger partial charge in [-0.15, -0.1) is 0 Å². The Bertz CT molecular complexity index is 667. The van der Waals surface area contributed by atoms with Gasteiger partial charge in [-0.05, 0) is 42.7 Å². The van der Waals surface area contributed by atoms with Gasteiger partial charge in [0.25, 0.3) is 0 Å². The van der Waals surface area contributed by atoms with Crippen molar-refractivity contribution >= 4 is 15.7 Å². The minimum atomic E-state index is -3.63. The third kappa shape index (κ3) is 4.58. The topological polar surface area (TPSA) is 72.2 Å². The zero-order valence-corrected chi connectivity index (χ0v) is 12.8. The largest absolute Gasteiger partial charge is 0.382 e. The van der Waals surface area contributed by atoms with Crippen molar-refractivity contribution in [2.75, 3.05) is 5.32 Å². The number of hydrogen-bond donors (Lipinski definition) is 2. The van der Waals surface area contributed by atoms with Crippen molar-refractivity contribution in [2.24, 2.45) is 5.14 Å². The number of benzene rings is 2. The molecular weight excluding hydrogens is 284 g/mol. The van der Waals surface area contributed by atoms with Gasteiger partial charge in [0.2, 0.25) is 10.0 Å². The van der Waals surface area contributed by atoms with Crippen LogP contribution >= 0.6 is 0 Å². The summed E-state index contributed by atoms with van der Waals surface area (Å²) in [6, 6.07) is 17.1. The third-order valence-electron chi connectivity index (χ3n) is 3.37. The molecule has 1 unspecified atom stereocenters. The highest BCUT2D eigenvalue weighted by molar-refractivity contribution is 7.89. The SMILES string of the molecule is CCC(Cc1ccccc1)Nc1ccc(S(N)(=O)=O)cc1. The second kappa shape index (κ2) is 6.74. The fourth-order valence-corrected chi connectivity index (χ4v) is 2.69. The van der Waals surface area contributed by atoms with E-state index >= 15 is 0 Å². The molecule has 1 atom stereocenters. The summed E-state index contributed by atoms with van der Waals surface area (Å²) >= 11 is 0. The molecule has 0 bridgehead atoms. The first kappa shape index (κ1) is 15.5. The summed E-state index contributed by atoms with van der Waals surface area (Å²) < 4.78 is 22.4. The Balaban J connectivity index is 2.05. The number of sulfonamides is 1. The van der Waals surface area contributed by atoms with Crippen LogP contribution in [-0.2, 0) is 16.4 Å². The zero-order valence-electron chi connectivity index (χ0n) is 12.0. The summed E-state index contributed by atoms with van der Waals surface area (Å²) in [5, 5.41) is 8.51. The van der Waals surface area contributed by atoms with Crippen molar-refractivity contribution in [2.45, 2.75) is 30.7 Å². The molecule has 2 rings (SSSR count). The van der Waals surface area contributed by atoms with E-state index in [0.29, 0.717) is 6.04 Å². The molecule has 0 aromatic heterocycles. The van der Waals surface area contributed by atoms with Gasteiger partial charge in [-0.25, -0.2) is 13.6 Å². The smallest absolute Gasteiger partial charge is 0.238 e. The van der Waals surface area contributed by atoms with Gasteiger partial charge in [-0.1, -0.05) is 37.3 Å². The number of nitrogens with one attached hydrogen (secondary N) is 1. The minimum Gasteiger partial charge on any atom is -0.382 e. The zero-order chi connectivity index (χ0) is 15.3. The molecule has 21 heavy (non-hydrogen) atoms. The van der Waals surface area contributed by atoms with Gasteiger partial charge in [-0.2, -0.15) is 0 Å². The molecule has 0 aliphatic rings. The molecule has 0 saturated carbocycles. The maximum absolute atomic E-state index is 11.2. The lowest BCUT2D eigenvalue weighted by Crippen LogP contribution is -2.21. The summed E-state index contributed by atoms with van der Waals surface area (Å²) in [6.07, 6.45) is 1.90. The van der Waals surface area contributed by atoms with Gasteiger partial charge in [0.1, 0.15) is 0 Å². The monoisotopic (exact) mass is 304 g/mol. The molecule has 2 aromatic carbocycles. The van der Waals surface area contributed by atoms with Gasteiger partial charge in [-0.3, -0.25) is 0 Å². The Hall–Kier alpha value is -1.85. The quantitative estimate of drug-likeness (QED) is 0.862. The number of nitrogens with two attached hydrogens (primary N) is 1. The van der Waals surface area contributed by atoms with Crippen molar-refractivity contribution in [1.29, 1.82) is 0 Å². The van der Waals surface area contributed by atoms with Crippen LogP contribution in [0.15, 0.2) is 59.5 Å². The molecule has 0 fully saturated rings. The standard InChI is InChI=1S/C16H20N2O2S/c1-2-14(12-13-6-4-3-5-7-13)18-15-8-10-16(11-9-15)21(17,19)20/h3-11,14,18H,2,12H2,1H3,(H2,17,19,20). The first-order chi connectivity index (χ1) is 9.99. The maximum atomic E-state index is 11.2. The van der Waals surface area contributed by atoms with Crippen molar-refractivity contribution in [1.82, 2.24) is 0 Å². The van der Waals surface area contributed by atoms with Crippen LogP contribution in [0.25, 0.3) is 0 Å². The lowest BCUT2D eigenvalue weighted by molar-refractivity contribution is 0.598. The van der Waals surface area contributed by atoms with E-state index in [1.54, 1.807) is 12.1 Å². The minimum absolute atomic E-state index is 0.129. The molecule has 2 aromatic rings. The van der Waals surface area contributed by atoms with Gasteiger partial charge in [0, 0.05) is 11.7 Å². The average molecular weight is 304 g/mol. The van der Waals surface area contributed by atoms with E-state index in [2.05, 4.69) is 24.4 Å². The van der Waals surface area contributed by atoms with Crippen LogP contribution in [0.4, 0.5) is 5.69 Å². The number of hydrogen-bond acceptors (Lipinski definition) is 3. The van der Waals surface area contributed by atoms with Gasteiger partial charge in [0.05, 0.1) is 4.90 Å². The molecule has 0 saturated heterocycles. The Kier molecular flexibility index (Phi) is 4.98. The highest BCUT2D eigenvalue weighted by Gasteiger charge is 2.09. The molecule has 3 N–H and O–H groups in total. The van der Waals surface area contributed by atoms with Crippen LogP contribution in [0.1, 0.15) is 18.9 Å². The van der Waals surface area contributed by atoms with E-state index in [4.69, 9.17) is 5.14 Å². The molecule has 0 spiro atoms. The number of primary sulfonamides is 1. The number of anilines is 1. The first-order valence-corrected chi connectivity index (χ1v) is 8.47. The molecule has 112 valence electrons. The van der Waals surface area contributed by atoms with Crippen LogP contribution < -0.4 is 10.5 Å². The van der Waals surface area contributed by atoms with E-state index in [-0.39, 0.29) is 4.90 Å². The Morgan fingerprint density at radius 2 is 1.67 bits per heavy atom. The van der Waals surface area contributed by atoms with Crippen LogP contribution in [0, 0.1) is 0 Å². The molecule has 0 radical (unpaired) electrons. The normalized spacial score (nSPS) is 12.9. The highest BCUT2D eigenvalue weighted by atomic mass is 32.2. The Morgan fingerprint density at radius 1 is 1.05 bits per heavy atom. The Labute approximate surface area is 126 Å². The lowest BCUT2D eigenvalue weighted by Gasteiger charge is -2.18. The molecule has 0 amide bonds. The van der Waals surface area contributed by atoms with Crippen LogP contribution in [0.3, 0.4) is 0 Å². The van der Waals surface area contributed by atoms with Crippen LogP contribution in [0.5, 0.6) is 0 Å². The van der Waals surface area contributed by atoms with Gasteiger partial charge in [0.15, 0.2) is 0 Å². The van der Waals surface area contributed by atoms with E-state index in [0.717, 1.165) is 18.5 Å². The highest BCUT2D eigenvalue weighted by Crippen LogP contribution is 2.16. The summed E-state index contributed by atoms with van der Waals surface area (Å²) in [5.41, 5.74) is 2.17. The fraction of sp³-hybridized carbons (Fsp3) is 0.250. The van der Waals surface area contributed by atoms with E-state index in [1.807, 2.05) is 18.2 Å². The molecule has 0 aliphatic heterocycles. The third-order valence-corrected chi connectivity index (χ3v) is 4.30. The predicted molar refractivity (Wildman–Crippen MR) is 85.7 cm³/mol. The van der Waals surface area contributed by atoms with Crippen molar-refractivity contribution in [3.8, 4) is 0 Å². The second-order valence-corrected chi connectivity index (χ2v) is 6.57. The average Bonchev–Trinajstić information content (AvgIpc) is 2.47. The van der Waals surface area contributed by atoms with E-state index in [1.165, 1.54) is 17.7 Å². The van der Waals surface area contributed by atoms with Gasteiger partial charge >= 0.3 is 0 Å². The Morgan fingerprint density at radius 3 is 2.19 bits per heavy atom. The van der Waals surface area contributed by atoms with Crippen LogP contribution in [-0.4, -0.2) is 14.5 Å². The van der Waals surface area contributed by atoms with E-state index in [9.17, 15) is 8.42 Å². The van der Waals surface area contributed by atoms with Crippen molar-refractivity contribution in [3.63, 3.8) is 0 Å². The number of rotatable bonds is 6. The first-order valence-electron chi connectivity index (χ1n) is 6.92. The molecule has 4 nitrogen and oxygen atoms in total. The summed E-state index contributed by atoms with van der Waals surface area (Å²) in [7, 11) is -3.63. The fourth-order valence-electron chi connectivity index (χ4n) is 2.17. The molecular formula is C16H20N2O2S. The van der Waals surface area contributed by atoms with Crippen molar-refractivity contribution in [3.05, 3.63) is 60.2 Å². The summed E-state index contributed by atoms with van der Waals surface area (Å²) in [4.78, 5) is 0.129. The molecule has 0 aliphatic carbocycles.